The Balaban J connectivity index is 2.39. The van der Waals surface area contributed by atoms with Gasteiger partial charge >= 0.3 is 0 Å². The number of hydrogen-bond donors (Lipinski definition) is 0. The van der Waals surface area contributed by atoms with Gasteiger partial charge in [0.2, 0.25) is 0 Å². The van der Waals surface area contributed by atoms with Crippen molar-refractivity contribution in [3.05, 3.63) is 47.7 Å². The summed E-state index contributed by atoms with van der Waals surface area (Å²) in [5.74, 6) is -0.181. The van der Waals surface area contributed by atoms with Crippen LogP contribution in [-0.4, -0.2) is 4.98 Å². The summed E-state index contributed by atoms with van der Waals surface area (Å²) in [6.45, 7) is 1.78. The molecule has 14 heavy (non-hydrogen) atoms. The molecule has 1 aromatic rings. The average Bonchev–Trinajstić information content (AvgIpc) is 2.25. The minimum Gasteiger partial charge on any atom is -0.265 e. The first kappa shape index (κ1) is 10.7. The molecule has 0 aliphatic heterocycles. The predicted octanol–water partition coefficient (Wildman–Crippen LogP) is 3.43. The molecule has 0 saturated heterocycles. The molecule has 0 saturated carbocycles. The fraction of sp³-hybridized carbons (Fsp3) is 0.333. The molecular weight excluding hydrogens is 177 g/mol. The Bertz CT molecular complexity index is 323. The minimum absolute atomic E-state index is 0.181. The van der Waals surface area contributed by atoms with E-state index in [2.05, 4.69) is 10.7 Å². The maximum absolute atomic E-state index is 12.6. The summed E-state index contributed by atoms with van der Waals surface area (Å²) in [4.78, 5) is 3.93. The molecule has 0 radical (unpaired) electrons. The lowest BCUT2D eigenvalue weighted by atomic mass is 10.1. The van der Waals surface area contributed by atoms with Crippen LogP contribution in [0.15, 0.2) is 42.2 Å². The second-order valence-electron chi connectivity index (χ2n) is 3.00. The summed E-state index contributed by atoms with van der Waals surface area (Å²) < 4.78 is 12.6. The van der Waals surface area contributed by atoms with Gasteiger partial charge in [-0.15, -0.1) is 0 Å². The first-order valence-electron chi connectivity index (χ1n) is 4.81. The average molecular weight is 191 g/mol. The van der Waals surface area contributed by atoms with E-state index in [0.717, 1.165) is 12.8 Å². The van der Waals surface area contributed by atoms with Crippen LogP contribution in [0, 0.1) is 0 Å². The van der Waals surface area contributed by atoms with Crippen molar-refractivity contribution < 1.29 is 4.39 Å². The van der Waals surface area contributed by atoms with Crippen LogP contribution in [0.1, 0.15) is 25.3 Å². The highest BCUT2D eigenvalue weighted by Crippen LogP contribution is 2.02. The first-order valence-corrected chi connectivity index (χ1v) is 4.81. The quantitative estimate of drug-likeness (QED) is 0.664. The standard InChI is InChI=1S/C12H14FN/c1-2-12(13)6-4-3-5-11-7-9-14-10-8-11/h4,7-10H,2-3,5H2,1H3. The van der Waals surface area contributed by atoms with Gasteiger partial charge in [-0.25, -0.2) is 4.39 Å². The van der Waals surface area contributed by atoms with Crippen LogP contribution < -0.4 is 0 Å². The predicted molar refractivity (Wildman–Crippen MR) is 55.6 cm³/mol. The monoisotopic (exact) mass is 191 g/mol. The van der Waals surface area contributed by atoms with Gasteiger partial charge in [0.1, 0.15) is 5.83 Å². The van der Waals surface area contributed by atoms with Gasteiger partial charge in [0.15, 0.2) is 0 Å². The Morgan fingerprint density at radius 1 is 1.50 bits per heavy atom. The van der Waals surface area contributed by atoms with Gasteiger partial charge in [-0.2, -0.15) is 0 Å². The van der Waals surface area contributed by atoms with E-state index in [1.54, 1.807) is 25.4 Å². The number of halogens is 1. The molecule has 1 nitrogen and oxygen atoms in total. The smallest absolute Gasteiger partial charge is 0.141 e. The molecule has 2 heteroatoms. The zero-order valence-corrected chi connectivity index (χ0v) is 8.33. The molecule has 0 bridgehead atoms. The molecule has 0 N–H and O–H groups in total. The topological polar surface area (TPSA) is 12.9 Å². The lowest BCUT2D eigenvalue weighted by Crippen LogP contribution is -1.82. The van der Waals surface area contributed by atoms with Crippen molar-refractivity contribution in [1.29, 1.82) is 0 Å². The molecule has 0 spiro atoms. The van der Waals surface area contributed by atoms with Gasteiger partial charge in [0, 0.05) is 18.8 Å². The van der Waals surface area contributed by atoms with Crippen molar-refractivity contribution in [2.75, 3.05) is 0 Å². The van der Waals surface area contributed by atoms with Crippen LogP contribution in [-0.2, 0) is 6.42 Å². The van der Waals surface area contributed by atoms with Crippen molar-refractivity contribution >= 4 is 0 Å². The normalized spacial score (nSPS) is 9.29. The minimum atomic E-state index is -0.181. The van der Waals surface area contributed by atoms with E-state index >= 15 is 0 Å². The summed E-state index contributed by atoms with van der Waals surface area (Å²) in [5.41, 5.74) is 3.83. The van der Waals surface area contributed by atoms with Gasteiger partial charge in [-0.1, -0.05) is 12.7 Å². The molecule has 0 fully saturated rings. The van der Waals surface area contributed by atoms with Crippen molar-refractivity contribution in [1.82, 2.24) is 4.98 Å². The molecule has 0 atom stereocenters. The SMILES string of the molecule is CCC(F)=C=CCCc1ccncc1. The van der Waals surface area contributed by atoms with E-state index < -0.39 is 0 Å². The number of pyridine rings is 1. The summed E-state index contributed by atoms with van der Waals surface area (Å²) in [7, 11) is 0. The van der Waals surface area contributed by atoms with E-state index in [4.69, 9.17) is 0 Å². The summed E-state index contributed by atoms with van der Waals surface area (Å²) in [6, 6.07) is 3.93. The van der Waals surface area contributed by atoms with E-state index in [1.165, 1.54) is 5.56 Å². The Morgan fingerprint density at radius 3 is 2.86 bits per heavy atom. The third-order valence-electron chi connectivity index (χ3n) is 1.90. The fourth-order valence-corrected chi connectivity index (χ4v) is 1.07. The van der Waals surface area contributed by atoms with E-state index in [0.29, 0.717) is 6.42 Å². The van der Waals surface area contributed by atoms with E-state index in [9.17, 15) is 4.39 Å². The van der Waals surface area contributed by atoms with Crippen LogP contribution in [0.2, 0.25) is 0 Å². The molecule has 0 unspecified atom stereocenters. The molecular formula is C12H14FN. The number of rotatable bonds is 4. The van der Waals surface area contributed by atoms with Gasteiger partial charge in [-0.05, 0) is 36.6 Å². The van der Waals surface area contributed by atoms with Crippen LogP contribution in [0.3, 0.4) is 0 Å². The summed E-state index contributed by atoms with van der Waals surface area (Å²) in [6.07, 6.45) is 7.43. The number of allylic oxidation sites excluding steroid dienone is 1. The van der Waals surface area contributed by atoms with Gasteiger partial charge in [0.25, 0.3) is 0 Å². The highest BCUT2D eigenvalue weighted by atomic mass is 19.1. The second-order valence-corrected chi connectivity index (χ2v) is 3.00. The lowest BCUT2D eigenvalue weighted by Gasteiger charge is -1.94. The largest absolute Gasteiger partial charge is 0.265 e. The first-order chi connectivity index (χ1) is 6.83. The number of aryl methyl sites for hydroxylation is 1. The van der Waals surface area contributed by atoms with Crippen LogP contribution in [0.25, 0.3) is 0 Å². The zero-order chi connectivity index (χ0) is 10.2. The van der Waals surface area contributed by atoms with Crippen molar-refractivity contribution in [3.63, 3.8) is 0 Å². The molecule has 0 amide bonds. The summed E-state index contributed by atoms with van der Waals surface area (Å²) >= 11 is 0. The fourth-order valence-electron chi connectivity index (χ4n) is 1.07. The van der Waals surface area contributed by atoms with Crippen molar-refractivity contribution in [3.8, 4) is 0 Å². The number of hydrogen-bond acceptors (Lipinski definition) is 1. The molecule has 1 aromatic heterocycles. The Morgan fingerprint density at radius 2 is 2.21 bits per heavy atom. The van der Waals surface area contributed by atoms with E-state index in [1.807, 2.05) is 12.1 Å². The molecule has 0 aliphatic carbocycles. The van der Waals surface area contributed by atoms with Crippen molar-refractivity contribution in [2.45, 2.75) is 26.2 Å². The maximum atomic E-state index is 12.6. The molecule has 74 valence electrons. The van der Waals surface area contributed by atoms with Gasteiger partial charge in [-0.3, -0.25) is 4.98 Å². The highest BCUT2D eigenvalue weighted by Gasteiger charge is 1.88. The van der Waals surface area contributed by atoms with Crippen LogP contribution >= 0.6 is 0 Å². The summed E-state index contributed by atoms with van der Waals surface area (Å²) in [5, 5.41) is 0. The molecule has 0 aliphatic rings. The Hall–Kier alpha value is -1.40. The lowest BCUT2D eigenvalue weighted by molar-refractivity contribution is 0.606. The van der Waals surface area contributed by atoms with Gasteiger partial charge < -0.3 is 0 Å². The number of nitrogens with zero attached hydrogens (tertiary/aromatic N) is 1. The second kappa shape index (κ2) is 6.11. The van der Waals surface area contributed by atoms with Crippen LogP contribution in [0.4, 0.5) is 4.39 Å². The molecule has 1 heterocycles. The van der Waals surface area contributed by atoms with Gasteiger partial charge in [0.05, 0.1) is 0 Å². The molecule has 1 rings (SSSR count). The Labute approximate surface area is 84.0 Å². The zero-order valence-electron chi connectivity index (χ0n) is 8.33. The van der Waals surface area contributed by atoms with E-state index in [-0.39, 0.29) is 5.83 Å². The van der Waals surface area contributed by atoms with Crippen molar-refractivity contribution in [2.24, 2.45) is 0 Å². The molecule has 0 aromatic carbocycles. The third kappa shape index (κ3) is 4.01. The van der Waals surface area contributed by atoms with Crippen LogP contribution in [0.5, 0.6) is 0 Å². The maximum Gasteiger partial charge on any atom is 0.141 e. The Kier molecular flexibility index (Phi) is 4.66. The third-order valence-corrected chi connectivity index (χ3v) is 1.90. The highest BCUT2D eigenvalue weighted by molar-refractivity contribution is 5.10. The number of aromatic nitrogens is 1.